The Hall–Kier alpha value is -1.03. The molecule has 0 saturated heterocycles. The van der Waals surface area contributed by atoms with E-state index in [2.05, 4.69) is 11.7 Å². The van der Waals surface area contributed by atoms with Crippen LogP contribution in [0.1, 0.15) is 50.2 Å². The molecule has 0 bridgehead atoms. The molecule has 0 aliphatic rings. The van der Waals surface area contributed by atoms with Crippen LogP contribution in [0.4, 0.5) is 13.2 Å². The Labute approximate surface area is 112 Å². The molecule has 0 aliphatic carbocycles. The monoisotopic (exact) mass is 274 g/mol. The van der Waals surface area contributed by atoms with Crippen molar-refractivity contribution in [3.63, 3.8) is 0 Å². The third kappa shape index (κ3) is 4.86. The van der Waals surface area contributed by atoms with Gasteiger partial charge in [-0.3, -0.25) is 0 Å². The molecular formula is C15H21F3O. The van der Waals surface area contributed by atoms with Gasteiger partial charge >= 0.3 is 6.11 Å². The van der Waals surface area contributed by atoms with Gasteiger partial charge in [0.2, 0.25) is 0 Å². The maximum Gasteiger partial charge on any atom is 0.383 e. The van der Waals surface area contributed by atoms with Crippen molar-refractivity contribution < 1.29 is 17.9 Å². The van der Waals surface area contributed by atoms with E-state index in [-0.39, 0.29) is 0 Å². The summed E-state index contributed by atoms with van der Waals surface area (Å²) in [7, 11) is 0.902. The fourth-order valence-electron chi connectivity index (χ4n) is 1.97. The van der Waals surface area contributed by atoms with Gasteiger partial charge in [-0.1, -0.05) is 38.7 Å². The zero-order chi connectivity index (χ0) is 14.3. The van der Waals surface area contributed by atoms with E-state index >= 15 is 0 Å². The molecule has 0 unspecified atom stereocenters. The predicted octanol–water partition coefficient (Wildman–Crippen LogP) is 5.03. The maximum atomic E-state index is 13.7. The molecule has 0 radical (unpaired) electrons. The second-order valence-electron chi connectivity index (χ2n) is 4.69. The van der Waals surface area contributed by atoms with Crippen molar-refractivity contribution in [3.8, 4) is 0 Å². The Bertz CT molecular complexity index is 391. The summed E-state index contributed by atoms with van der Waals surface area (Å²) in [5, 5.41) is 0. The standard InChI is InChI=1S/C15H21F3O/c1-3-4-5-6-7-8-12-9-10-13(11-14(12)16)15(17,18)19-2/h9-11H,3-8H2,1-2H3. The fraction of sp³-hybridized carbons (Fsp3) is 0.600. The molecule has 1 aromatic rings. The highest BCUT2D eigenvalue weighted by atomic mass is 19.3. The Kier molecular flexibility index (Phi) is 6.35. The first kappa shape index (κ1) is 16.0. The van der Waals surface area contributed by atoms with E-state index in [9.17, 15) is 13.2 Å². The number of aryl methyl sites for hydroxylation is 1. The van der Waals surface area contributed by atoms with Gasteiger partial charge in [0.1, 0.15) is 5.82 Å². The summed E-state index contributed by atoms with van der Waals surface area (Å²) in [5.41, 5.74) is 0.0504. The first-order chi connectivity index (χ1) is 9.01. The van der Waals surface area contributed by atoms with Gasteiger partial charge < -0.3 is 4.74 Å². The van der Waals surface area contributed by atoms with Crippen molar-refractivity contribution >= 4 is 0 Å². The molecule has 19 heavy (non-hydrogen) atoms. The van der Waals surface area contributed by atoms with Crippen molar-refractivity contribution in [2.45, 2.75) is 51.6 Å². The molecule has 0 aromatic heterocycles. The number of alkyl halides is 2. The van der Waals surface area contributed by atoms with Gasteiger partial charge in [-0.05, 0) is 30.5 Å². The highest BCUT2D eigenvalue weighted by Gasteiger charge is 2.31. The number of hydrogen-bond donors (Lipinski definition) is 0. The second kappa shape index (κ2) is 7.53. The fourth-order valence-corrected chi connectivity index (χ4v) is 1.97. The van der Waals surface area contributed by atoms with Crippen LogP contribution in [0.15, 0.2) is 18.2 Å². The van der Waals surface area contributed by atoms with Crippen molar-refractivity contribution in [1.29, 1.82) is 0 Å². The molecule has 0 amide bonds. The highest BCUT2D eigenvalue weighted by Crippen LogP contribution is 2.29. The van der Waals surface area contributed by atoms with Gasteiger partial charge in [-0.15, -0.1) is 0 Å². The van der Waals surface area contributed by atoms with Gasteiger partial charge in [-0.25, -0.2) is 4.39 Å². The van der Waals surface area contributed by atoms with Gasteiger partial charge in [0, 0.05) is 7.11 Å². The summed E-state index contributed by atoms with van der Waals surface area (Å²) in [6.45, 7) is 2.13. The second-order valence-corrected chi connectivity index (χ2v) is 4.69. The minimum Gasteiger partial charge on any atom is -0.320 e. The van der Waals surface area contributed by atoms with Crippen molar-refractivity contribution in [2.24, 2.45) is 0 Å². The Balaban J connectivity index is 2.58. The molecule has 0 fully saturated rings. The van der Waals surface area contributed by atoms with Crippen LogP contribution in [-0.2, 0) is 17.3 Å². The van der Waals surface area contributed by atoms with E-state index in [1.54, 1.807) is 0 Å². The van der Waals surface area contributed by atoms with Crippen LogP contribution >= 0.6 is 0 Å². The van der Waals surface area contributed by atoms with E-state index < -0.39 is 17.5 Å². The number of benzene rings is 1. The lowest BCUT2D eigenvalue weighted by Crippen LogP contribution is -2.16. The van der Waals surface area contributed by atoms with E-state index in [1.165, 1.54) is 18.6 Å². The molecule has 0 N–H and O–H groups in total. The lowest BCUT2D eigenvalue weighted by Gasteiger charge is -2.15. The van der Waals surface area contributed by atoms with E-state index in [0.717, 1.165) is 38.9 Å². The van der Waals surface area contributed by atoms with Crippen molar-refractivity contribution in [2.75, 3.05) is 7.11 Å². The molecule has 1 rings (SSSR count). The maximum absolute atomic E-state index is 13.7. The smallest absolute Gasteiger partial charge is 0.320 e. The Morgan fingerprint density at radius 2 is 1.79 bits per heavy atom. The zero-order valence-electron chi connectivity index (χ0n) is 11.5. The summed E-state index contributed by atoms with van der Waals surface area (Å²) < 4.78 is 44.1. The summed E-state index contributed by atoms with van der Waals surface area (Å²) in [6.07, 6.45) is 2.57. The number of hydrogen-bond acceptors (Lipinski definition) is 1. The predicted molar refractivity (Wildman–Crippen MR) is 69.8 cm³/mol. The van der Waals surface area contributed by atoms with Crippen LogP contribution in [0, 0.1) is 5.82 Å². The molecule has 108 valence electrons. The quantitative estimate of drug-likeness (QED) is 0.604. The average Bonchev–Trinajstić information content (AvgIpc) is 2.40. The first-order valence-electron chi connectivity index (χ1n) is 6.73. The van der Waals surface area contributed by atoms with Crippen molar-refractivity contribution in [1.82, 2.24) is 0 Å². The van der Waals surface area contributed by atoms with Crippen LogP contribution < -0.4 is 0 Å². The first-order valence-corrected chi connectivity index (χ1v) is 6.73. The number of methoxy groups -OCH3 is 1. The minimum atomic E-state index is -3.43. The topological polar surface area (TPSA) is 9.23 Å². The van der Waals surface area contributed by atoms with Crippen LogP contribution in [0.2, 0.25) is 0 Å². The Morgan fingerprint density at radius 3 is 2.37 bits per heavy atom. The van der Waals surface area contributed by atoms with E-state index in [4.69, 9.17) is 0 Å². The van der Waals surface area contributed by atoms with E-state index in [0.29, 0.717) is 12.0 Å². The lowest BCUT2D eigenvalue weighted by atomic mass is 10.0. The summed E-state index contributed by atoms with van der Waals surface area (Å²) in [5.74, 6) is -0.579. The third-order valence-corrected chi connectivity index (χ3v) is 3.20. The average molecular weight is 274 g/mol. The normalized spacial score (nSPS) is 11.8. The SMILES string of the molecule is CCCCCCCc1ccc(C(F)(F)OC)cc1F. The van der Waals surface area contributed by atoms with Crippen LogP contribution in [0.3, 0.4) is 0 Å². The largest absolute Gasteiger partial charge is 0.383 e. The number of ether oxygens (including phenoxy) is 1. The highest BCUT2D eigenvalue weighted by molar-refractivity contribution is 5.26. The van der Waals surface area contributed by atoms with Crippen molar-refractivity contribution in [3.05, 3.63) is 35.1 Å². The molecule has 0 saturated carbocycles. The molecule has 1 nitrogen and oxygen atoms in total. The third-order valence-electron chi connectivity index (χ3n) is 3.20. The lowest BCUT2D eigenvalue weighted by molar-refractivity contribution is -0.231. The number of halogens is 3. The van der Waals surface area contributed by atoms with Gasteiger partial charge in [0.15, 0.2) is 0 Å². The minimum absolute atomic E-state index is 0.442. The zero-order valence-corrected chi connectivity index (χ0v) is 11.5. The molecule has 1 aromatic carbocycles. The molecule has 0 atom stereocenters. The molecular weight excluding hydrogens is 253 g/mol. The molecule has 0 spiro atoms. The molecule has 0 aliphatic heterocycles. The van der Waals surface area contributed by atoms with E-state index in [1.807, 2.05) is 0 Å². The van der Waals surface area contributed by atoms with Gasteiger partial charge in [-0.2, -0.15) is 8.78 Å². The summed E-state index contributed by atoms with van der Waals surface area (Å²) >= 11 is 0. The number of rotatable bonds is 8. The van der Waals surface area contributed by atoms with Crippen LogP contribution in [-0.4, -0.2) is 7.11 Å². The molecule has 4 heteroatoms. The van der Waals surface area contributed by atoms with Crippen LogP contribution in [0.25, 0.3) is 0 Å². The number of unbranched alkanes of at least 4 members (excludes halogenated alkanes) is 4. The molecule has 0 heterocycles. The summed E-state index contributed by atoms with van der Waals surface area (Å²) in [4.78, 5) is 0. The van der Waals surface area contributed by atoms with Gasteiger partial charge in [0.05, 0.1) is 5.56 Å². The van der Waals surface area contributed by atoms with Crippen LogP contribution in [0.5, 0.6) is 0 Å². The Morgan fingerprint density at radius 1 is 1.11 bits per heavy atom. The summed E-state index contributed by atoms with van der Waals surface area (Å²) in [6, 6.07) is 3.52. The van der Waals surface area contributed by atoms with Gasteiger partial charge in [0.25, 0.3) is 0 Å².